The lowest BCUT2D eigenvalue weighted by Gasteiger charge is -2.32. The first kappa shape index (κ1) is 26.1. The van der Waals surface area contributed by atoms with E-state index in [2.05, 4.69) is 42.5 Å². The normalized spacial score (nSPS) is 25.8. The van der Waals surface area contributed by atoms with Crippen molar-refractivity contribution in [2.45, 2.75) is 57.6 Å². The number of nitrogens with one attached hydrogen (secondary N) is 2. The number of amides is 1. The number of rotatable bonds is 1. The zero-order chi connectivity index (χ0) is 24.5. The zero-order valence-corrected chi connectivity index (χ0v) is 21.1. The van der Waals surface area contributed by atoms with Gasteiger partial charge in [0.1, 0.15) is 16.9 Å². The van der Waals surface area contributed by atoms with Gasteiger partial charge in [-0.3, -0.25) is 4.79 Å². The Balaban J connectivity index is 1.80. The molecule has 0 spiro atoms. The first-order valence-electron chi connectivity index (χ1n) is 11.8. The molecule has 0 aromatic heterocycles. The number of fused-ring (bicyclic) bond motifs is 4. The lowest BCUT2D eigenvalue weighted by Crippen LogP contribution is -2.40. The second-order valence-electron chi connectivity index (χ2n) is 8.81. The van der Waals surface area contributed by atoms with Crippen molar-refractivity contribution in [1.82, 2.24) is 10.8 Å². The Labute approximate surface area is 207 Å². The van der Waals surface area contributed by atoms with Gasteiger partial charge in [-0.15, -0.1) is 0 Å². The van der Waals surface area contributed by atoms with Crippen LogP contribution in [0.2, 0.25) is 5.02 Å². The van der Waals surface area contributed by atoms with E-state index >= 15 is 0 Å². The number of carbonyl (C=O) groups is 1. The van der Waals surface area contributed by atoms with Gasteiger partial charge in [0.25, 0.3) is 0 Å². The van der Waals surface area contributed by atoms with E-state index in [0.717, 1.165) is 31.2 Å². The molecule has 2 unspecified atom stereocenters. The fraction of sp³-hybridized carbons (Fsp3) is 0.500. The third kappa shape index (κ3) is 7.52. The summed E-state index contributed by atoms with van der Waals surface area (Å²) < 4.78 is 11.3. The largest absolute Gasteiger partial charge is 0.495 e. The molecule has 2 aliphatic rings. The van der Waals surface area contributed by atoms with Gasteiger partial charge in [-0.2, -0.15) is 0 Å². The number of hydrogen-bond acceptors (Lipinski definition) is 6. The van der Waals surface area contributed by atoms with Gasteiger partial charge in [-0.25, -0.2) is 5.48 Å². The zero-order valence-electron chi connectivity index (χ0n) is 20.4. The number of allylic oxidation sites excluding steroid dienone is 3. The number of carbonyl (C=O) groups excluding carboxylic acids is 1. The number of methoxy groups -OCH3 is 1. The predicted octanol–water partition coefficient (Wildman–Crippen LogP) is 4.67. The fourth-order valence-corrected chi connectivity index (χ4v) is 4.47. The first-order valence-corrected chi connectivity index (χ1v) is 12.2. The molecular formula is C26H36ClN3O4. The standard InChI is InChI=1S/C26H36ClN3O4/c1-18-8-5-6-9-21-17-22(34-19(2)29-21)11-13-33-28-12-7-10-25(31)30(3)23-15-20(14-18)16-24(32-4)26(23)27/h5-6,8,15-16,21-22,28-29H,2,7,9-14,17H2,1,3-4H3/b6-5+,18-8+. The van der Waals surface area contributed by atoms with Crippen LogP contribution in [-0.2, 0) is 20.8 Å². The molecule has 7 nitrogen and oxygen atoms in total. The summed E-state index contributed by atoms with van der Waals surface area (Å²) in [7, 11) is 3.33. The number of ether oxygens (including phenoxy) is 2. The summed E-state index contributed by atoms with van der Waals surface area (Å²) in [5.74, 6) is 1.16. The minimum absolute atomic E-state index is 0.0170. The molecule has 1 aromatic rings. The van der Waals surface area contributed by atoms with E-state index in [-0.39, 0.29) is 18.1 Å². The smallest absolute Gasteiger partial charge is 0.226 e. The van der Waals surface area contributed by atoms with Crippen LogP contribution in [0.25, 0.3) is 0 Å². The van der Waals surface area contributed by atoms with E-state index in [0.29, 0.717) is 48.3 Å². The van der Waals surface area contributed by atoms with Crippen molar-refractivity contribution in [3.05, 3.63) is 59.0 Å². The maximum atomic E-state index is 12.8. The van der Waals surface area contributed by atoms with Crippen LogP contribution in [0.4, 0.5) is 5.69 Å². The molecule has 0 saturated carbocycles. The highest BCUT2D eigenvalue weighted by Crippen LogP contribution is 2.36. The second kappa shape index (κ2) is 12.8. The van der Waals surface area contributed by atoms with Crippen molar-refractivity contribution in [3.63, 3.8) is 0 Å². The number of nitrogens with zero attached hydrogens (tertiary/aromatic N) is 1. The quantitative estimate of drug-likeness (QED) is 0.597. The van der Waals surface area contributed by atoms with E-state index in [1.165, 1.54) is 5.57 Å². The van der Waals surface area contributed by atoms with Gasteiger partial charge in [0, 0.05) is 38.9 Å². The van der Waals surface area contributed by atoms with Gasteiger partial charge >= 0.3 is 0 Å². The summed E-state index contributed by atoms with van der Waals surface area (Å²) in [5, 5.41) is 3.76. The average Bonchev–Trinajstić information content (AvgIpc) is 2.80. The van der Waals surface area contributed by atoms with E-state index in [1.54, 1.807) is 19.1 Å². The molecule has 0 aliphatic carbocycles. The van der Waals surface area contributed by atoms with Gasteiger partial charge in [-0.05, 0) is 50.5 Å². The molecule has 1 saturated heterocycles. The minimum atomic E-state index is -0.0170. The SMILES string of the molecule is C=C1NC2C/C=C/C=C(\C)Cc3cc(OC)c(Cl)c(c3)N(C)C(=O)CCCNOCCC(C2)O1. The molecule has 2 N–H and O–H groups in total. The molecule has 2 atom stereocenters. The number of hydroxylamine groups is 1. The van der Waals surface area contributed by atoms with E-state index < -0.39 is 0 Å². The van der Waals surface area contributed by atoms with Crippen LogP contribution in [0.1, 0.15) is 44.6 Å². The summed E-state index contributed by atoms with van der Waals surface area (Å²) >= 11 is 6.55. The molecular weight excluding hydrogens is 454 g/mol. The molecule has 1 aromatic carbocycles. The Morgan fingerprint density at radius 2 is 2.15 bits per heavy atom. The Kier molecular flexibility index (Phi) is 9.86. The molecule has 4 bridgehead atoms. The first-order chi connectivity index (χ1) is 16.4. The van der Waals surface area contributed by atoms with Crippen molar-refractivity contribution in [2.75, 3.05) is 32.2 Å². The van der Waals surface area contributed by atoms with E-state index in [1.807, 2.05) is 12.1 Å². The van der Waals surface area contributed by atoms with Crippen LogP contribution in [0.15, 0.2) is 48.4 Å². The van der Waals surface area contributed by atoms with Crippen molar-refractivity contribution >= 4 is 23.2 Å². The van der Waals surface area contributed by atoms with Crippen LogP contribution in [0, 0.1) is 0 Å². The highest BCUT2D eigenvalue weighted by molar-refractivity contribution is 6.35. The predicted molar refractivity (Wildman–Crippen MR) is 136 cm³/mol. The van der Waals surface area contributed by atoms with Crippen LogP contribution in [-0.4, -0.2) is 45.4 Å². The monoisotopic (exact) mass is 489 g/mol. The summed E-state index contributed by atoms with van der Waals surface area (Å²) in [4.78, 5) is 20.0. The molecule has 3 rings (SSSR count). The summed E-state index contributed by atoms with van der Waals surface area (Å²) in [5.41, 5.74) is 5.82. The number of hydrogen-bond donors (Lipinski definition) is 2. The van der Waals surface area contributed by atoms with Crippen LogP contribution < -0.4 is 20.4 Å². The molecule has 8 heteroatoms. The van der Waals surface area contributed by atoms with Crippen molar-refractivity contribution in [3.8, 4) is 5.75 Å². The highest BCUT2D eigenvalue weighted by atomic mass is 35.5. The third-order valence-corrected chi connectivity index (χ3v) is 6.37. The average molecular weight is 490 g/mol. The third-order valence-electron chi connectivity index (χ3n) is 5.99. The molecule has 34 heavy (non-hydrogen) atoms. The van der Waals surface area contributed by atoms with Crippen molar-refractivity contribution in [2.24, 2.45) is 0 Å². The lowest BCUT2D eigenvalue weighted by molar-refractivity contribution is -0.118. The summed E-state index contributed by atoms with van der Waals surface area (Å²) in [6, 6.07) is 4.17. The maximum absolute atomic E-state index is 12.8. The number of benzene rings is 1. The Morgan fingerprint density at radius 1 is 1.32 bits per heavy atom. The maximum Gasteiger partial charge on any atom is 0.226 e. The Morgan fingerprint density at radius 3 is 2.94 bits per heavy atom. The molecule has 2 heterocycles. The molecule has 0 radical (unpaired) electrons. The fourth-order valence-electron chi connectivity index (χ4n) is 4.16. The van der Waals surface area contributed by atoms with Gasteiger partial charge in [0.2, 0.25) is 5.91 Å². The van der Waals surface area contributed by atoms with Crippen molar-refractivity contribution < 1.29 is 19.1 Å². The second-order valence-corrected chi connectivity index (χ2v) is 9.19. The summed E-state index contributed by atoms with van der Waals surface area (Å²) in [6.45, 7) is 7.15. The van der Waals surface area contributed by atoms with Crippen molar-refractivity contribution in [1.29, 1.82) is 0 Å². The van der Waals surface area contributed by atoms with Gasteiger partial charge < -0.3 is 24.5 Å². The topological polar surface area (TPSA) is 72.1 Å². The Bertz CT molecular complexity index is 931. The molecule has 1 amide bonds. The number of anilines is 1. The van der Waals surface area contributed by atoms with Gasteiger partial charge in [0.05, 0.1) is 19.4 Å². The van der Waals surface area contributed by atoms with Crippen LogP contribution in [0.5, 0.6) is 5.75 Å². The van der Waals surface area contributed by atoms with Gasteiger partial charge in [-0.1, -0.05) is 35.4 Å². The van der Waals surface area contributed by atoms with E-state index in [9.17, 15) is 4.79 Å². The lowest BCUT2D eigenvalue weighted by atomic mass is 10.0. The highest BCUT2D eigenvalue weighted by Gasteiger charge is 2.24. The van der Waals surface area contributed by atoms with E-state index in [4.69, 9.17) is 25.9 Å². The molecule has 1 fully saturated rings. The Hall–Kier alpha value is -2.48. The van der Waals surface area contributed by atoms with Crippen LogP contribution >= 0.6 is 11.6 Å². The molecule has 186 valence electrons. The molecule has 2 aliphatic heterocycles. The number of halogens is 1. The van der Waals surface area contributed by atoms with Gasteiger partial charge in [0.15, 0.2) is 5.88 Å². The van der Waals surface area contributed by atoms with Crippen LogP contribution in [0.3, 0.4) is 0 Å². The summed E-state index contributed by atoms with van der Waals surface area (Å²) in [6.07, 6.45) is 10.7. The minimum Gasteiger partial charge on any atom is -0.495 e.